The Kier molecular flexibility index (Phi) is 2.58. The molecule has 0 amide bonds. The Morgan fingerprint density at radius 2 is 2.06 bits per heavy atom. The van der Waals surface area contributed by atoms with E-state index in [0.29, 0.717) is 18.2 Å². The van der Waals surface area contributed by atoms with Gasteiger partial charge >= 0.3 is 0 Å². The summed E-state index contributed by atoms with van der Waals surface area (Å²) in [6.45, 7) is 7.29. The maximum absolute atomic E-state index is 9.53. The van der Waals surface area contributed by atoms with Gasteiger partial charge in [-0.15, -0.1) is 0 Å². The van der Waals surface area contributed by atoms with Crippen LogP contribution in [-0.4, -0.2) is 28.9 Å². The zero-order valence-corrected chi connectivity index (χ0v) is 10.1. The first kappa shape index (κ1) is 11.3. The maximum atomic E-state index is 9.53. The van der Waals surface area contributed by atoms with E-state index in [0.717, 1.165) is 5.69 Å². The number of nitrogens with zero attached hydrogens (tertiary/aromatic N) is 1. The molecule has 1 aromatic carbocycles. The highest BCUT2D eigenvalue weighted by molar-refractivity contribution is 5.65. The normalized spacial score (nSPS) is 22.2. The van der Waals surface area contributed by atoms with Crippen molar-refractivity contribution >= 4 is 5.69 Å². The lowest BCUT2D eigenvalue weighted by atomic mass is 9.87. The fourth-order valence-electron chi connectivity index (χ4n) is 2.57. The van der Waals surface area contributed by atoms with E-state index in [4.69, 9.17) is 5.11 Å². The lowest BCUT2D eigenvalue weighted by Crippen LogP contribution is -2.44. The first-order chi connectivity index (χ1) is 7.48. The van der Waals surface area contributed by atoms with Gasteiger partial charge in [0.05, 0.1) is 6.61 Å². The highest BCUT2D eigenvalue weighted by Crippen LogP contribution is 2.47. The van der Waals surface area contributed by atoms with E-state index < -0.39 is 0 Å². The summed E-state index contributed by atoms with van der Waals surface area (Å²) in [6.07, 6.45) is 0. The molecule has 0 aliphatic carbocycles. The number of aliphatic hydroxyl groups excluding tert-OH is 1. The van der Waals surface area contributed by atoms with Crippen molar-refractivity contribution in [2.24, 2.45) is 0 Å². The molecule has 1 atom stereocenters. The van der Waals surface area contributed by atoms with Crippen LogP contribution in [-0.2, 0) is 0 Å². The molecule has 2 N–H and O–H groups in total. The first-order valence-electron chi connectivity index (χ1n) is 5.70. The number of hydrogen-bond acceptors (Lipinski definition) is 3. The van der Waals surface area contributed by atoms with E-state index in [-0.39, 0.29) is 12.1 Å². The smallest absolute Gasteiger partial charge is 0.116 e. The van der Waals surface area contributed by atoms with Crippen LogP contribution in [0.4, 0.5) is 5.69 Å². The largest absolute Gasteiger partial charge is 0.508 e. The van der Waals surface area contributed by atoms with E-state index in [2.05, 4.69) is 25.7 Å². The number of benzene rings is 1. The lowest BCUT2D eigenvalue weighted by Gasteiger charge is -2.36. The number of aliphatic hydroxyl groups is 1. The van der Waals surface area contributed by atoms with Gasteiger partial charge in [0.15, 0.2) is 0 Å². The van der Waals surface area contributed by atoms with E-state index in [9.17, 15) is 5.11 Å². The molecule has 1 unspecified atom stereocenters. The Morgan fingerprint density at radius 3 is 2.69 bits per heavy atom. The van der Waals surface area contributed by atoms with Crippen molar-refractivity contribution in [2.75, 3.05) is 18.1 Å². The summed E-state index contributed by atoms with van der Waals surface area (Å²) in [6, 6.07) is 5.47. The number of β-amino-alcohol motifs (C(OH)–C–C–N with tert-alkyl or cyclic N) is 1. The fraction of sp³-hybridized carbons (Fsp3) is 0.538. The Balaban J connectivity index is 2.50. The lowest BCUT2D eigenvalue weighted by molar-refractivity contribution is 0.286. The second-order valence-electron chi connectivity index (χ2n) is 4.99. The van der Waals surface area contributed by atoms with Crippen LogP contribution in [0.25, 0.3) is 0 Å². The van der Waals surface area contributed by atoms with Crippen LogP contribution in [0.3, 0.4) is 0 Å². The zero-order chi connectivity index (χ0) is 11.9. The Labute approximate surface area is 96.3 Å². The minimum atomic E-state index is -0.0150. The first-order valence-corrected chi connectivity index (χ1v) is 5.70. The summed E-state index contributed by atoms with van der Waals surface area (Å²) < 4.78 is 0. The monoisotopic (exact) mass is 221 g/mol. The van der Waals surface area contributed by atoms with Crippen LogP contribution in [0.2, 0.25) is 0 Å². The molecule has 2 rings (SSSR count). The van der Waals surface area contributed by atoms with Gasteiger partial charge in [0.2, 0.25) is 0 Å². The number of rotatable bonds is 2. The molecular weight excluding hydrogens is 202 g/mol. The molecule has 0 radical (unpaired) electrons. The van der Waals surface area contributed by atoms with Crippen LogP contribution in [0.1, 0.15) is 32.3 Å². The van der Waals surface area contributed by atoms with E-state index in [1.165, 1.54) is 5.56 Å². The van der Waals surface area contributed by atoms with Gasteiger partial charge in [-0.1, -0.05) is 6.92 Å². The summed E-state index contributed by atoms with van der Waals surface area (Å²) in [5, 5.41) is 18.7. The van der Waals surface area contributed by atoms with Crippen LogP contribution in [0.15, 0.2) is 18.2 Å². The average molecular weight is 221 g/mol. The van der Waals surface area contributed by atoms with Gasteiger partial charge in [-0.25, -0.2) is 0 Å². The van der Waals surface area contributed by atoms with Crippen LogP contribution < -0.4 is 4.90 Å². The van der Waals surface area contributed by atoms with Crippen LogP contribution >= 0.6 is 0 Å². The van der Waals surface area contributed by atoms with Crippen molar-refractivity contribution in [3.63, 3.8) is 0 Å². The Morgan fingerprint density at radius 1 is 1.38 bits per heavy atom. The van der Waals surface area contributed by atoms with Gasteiger partial charge in [-0.3, -0.25) is 0 Å². The van der Waals surface area contributed by atoms with Crippen molar-refractivity contribution in [1.29, 1.82) is 0 Å². The molecule has 1 aliphatic rings. The molecule has 0 saturated heterocycles. The third-order valence-corrected chi connectivity index (χ3v) is 3.85. The molecule has 0 fully saturated rings. The number of phenolic OH excluding ortho intramolecular Hbond substituents is 1. The average Bonchev–Trinajstić information content (AvgIpc) is 2.41. The quantitative estimate of drug-likeness (QED) is 0.803. The molecule has 3 nitrogen and oxygen atoms in total. The third-order valence-electron chi connectivity index (χ3n) is 3.85. The zero-order valence-electron chi connectivity index (χ0n) is 10.1. The van der Waals surface area contributed by atoms with Gasteiger partial charge in [0.25, 0.3) is 0 Å². The van der Waals surface area contributed by atoms with Crippen molar-refractivity contribution in [1.82, 2.24) is 0 Å². The van der Waals surface area contributed by atoms with Gasteiger partial charge in [-0.05, 0) is 37.6 Å². The fourth-order valence-corrected chi connectivity index (χ4v) is 2.57. The number of aromatic hydroxyl groups is 1. The summed E-state index contributed by atoms with van der Waals surface area (Å²) >= 11 is 0. The summed E-state index contributed by atoms with van der Waals surface area (Å²) in [5.74, 6) is 0.661. The molecule has 1 heterocycles. The van der Waals surface area contributed by atoms with E-state index in [1.54, 1.807) is 6.07 Å². The predicted molar refractivity (Wildman–Crippen MR) is 65.0 cm³/mol. The molecule has 16 heavy (non-hydrogen) atoms. The van der Waals surface area contributed by atoms with Crippen molar-refractivity contribution in [2.45, 2.75) is 32.2 Å². The number of hydrogen-bond donors (Lipinski definition) is 2. The Bertz CT molecular complexity index is 401. The van der Waals surface area contributed by atoms with Gasteiger partial charge in [0, 0.05) is 23.7 Å². The molecule has 88 valence electrons. The van der Waals surface area contributed by atoms with Gasteiger partial charge in [0.1, 0.15) is 5.75 Å². The molecule has 1 aliphatic heterocycles. The number of anilines is 1. The highest BCUT2D eigenvalue weighted by atomic mass is 16.3. The minimum Gasteiger partial charge on any atom is -0.508 e. The molecule has 0 aromatic heterocycles. The van der Waals surface area contributed by atoms with E-state index in [1.807, 2.05) is 12.1 Å². The van der Waals surface area contributed by atoms with Crippen molar-refractivity contribution in [3.05, 3.63) is 23.8 Å². The number of fused-ring (bicyclic) bond motifs is 1. The summed E-state index contributed by atoms with van der Waals surface area (Å²) in [4.78, 5) is 2.21. The third kappa shape index (κ3) is 1.47. The van der Waals surface area contributed by atoms with Gasteiger partial charge < -0.3 is 15.1 Å². The second-order valence-corrected chi connectivity index (χ2v) is 4.99. The molecule has 0 bridgehead atoms. The van der Waals surface area contributed by atoms with Crippen LogP contribution in [0.5, 0.6) is 5.75 Å². The molecule has 0 spiro atoms. The standard InChI is InChI=1S/C13H19NO2/c1-9-11-8-10(16)4-5-12(11)14(6-7-15)13(9,2)3/h4-5,8-9,15-16H,6-7H2,1-3H3. The van der Waals surface area contributed by atoms with Gasteiger partial charge in [-0.2, -0.15) is 0 Å². The highest BCUT2D eigenvalue weighted by Gasteiger charge is 2.41. The maximum Gasteiger partial charge on any atom is 0.116 e. The molecule has 3 heteroatoms. The summed E-state index contributed by atoms with van der Waals surface area (Å²) in [5.41, 5.74) is 2.28. The topological polar surface area (TPSA) is 43.7 Å². The van der Waals surface area contributed by atoms with Crippen molar-refractivity contribution in [3.8, 4) is 5.75 Å². The second kappa shape index (κ2) is 3.67. The summed E-state index contributed by atoms with van der Waals surface area (Å²) in [7, 11) is 0. The van der Waals surface area contributed by atoms with E-state index >= 15 is 0 Å². The SMILES string of the molecule is CC1c2cc(O)ccc2N(CCO)C1(C)C. The minimum absolute atomic E-state index is 0.0150. The van der Waals surface area contributed by atoms with Crippen LogP contribution in [0, 0.1) is 0 Å². The Hall–Kier alpha value is -1.22. The molecular formula is C13H19NO2. The number of phenols is 1. The molecule has 1 aromatic rings. The van der Waals surface area contributed by atoms with Crippen molar-refractivity contribution < 1.29 is 10.2 Å². The molecule has 0 saturated carbocycles. The predicted octanol–water partition coefficient (Wildman–Crippen LogP) is 2.09.